The van der Waals surface area contributed by atoms with Crippen molar-refractivity contribution in [1.82, 2.24) is 40.3 Å². The largest absolute Gasteiger partial charge is 0.508 e. The van der Waals surface area contributed by atoms with E-state index in [1.54, 1.807) is 23.6 Å². The fraction of sp³-hybridized carbons (Fsp3) is 0.509. The third-order valence-electron chi connectivity index (χ3n) is 15.5. The van der Waals surface area contributed by atoms with E-state index in [2.05, 4.69) is 61.9 Å². The molecule has 15 nitrogen and oxygen atoms in total. The first kappa shape index (κ1) is 46.7. The Bertz CT molecular complexity index is 2670. The van der Waals surface area contributed by atoms with Crippen LogP contribution in [0.15, 0.2) is 60.8 Å². The van der Waals surface area contributed by atoms with Gasteiger partial charge in [-0.1, -0.05) is 37.6 Å². The molecule has 4 saturated heterocycles. The molecule has 11 rings (SSSR count). The van der Waals surface area contributed by atoms with Crippen LogP contribution in [0.4, 0.5) is 15.9 Å². The smallest absolute Gasteiger partial charge is 0.319 e. The molecule has 6 aliphatic rings. The summed E-state index contributed by atoms with van der Waals surface area (Å²) in [6, 6.07) is 18.6. The minimum Gasteiger partial charge on any atom is -0.508 e. The molecule has 3 aromatic carbocycles. The summed E-state index contributed by atoms with van der Waals surface area (Å²) in [6.45, 7) is 15.7. The lowest BCUT2D eigenvalue weighted by molar-refractivity contribution is -0.117. The second kappa shape index (κ2) is 20.2. The van der Waals surface area contributed by atoms with Crippen molar-refractivity contribution in [2.24, 2.45) is 11.3 Å². The van der Waals surface area contributed by atoms with E-state index in [0.29, 0.717) is 54.2 Å². The van der Waals surface area contributed by atoms with Crippen LogP contribution in [0.5, 0.6) is 11.8 Å². The van der Waals surface area contributed by atoms with Crippen molar-refractivity contribution in [3.05, 3.63) is 77.7 Å². The quantitative estimate of drug-likeness (QED) is 0.0998. The van der Waals surface area contributed by atoms with Crippen molar-refractivity contribution >= 4 is 51.9 Å². The minimum atomic E-state index is -0.536. The SMILES string of the molecule is CCCC(C)N1Cc2cc(N3CCC(CN4CCN(CC5(COc6nc(N7CC8CCC(C7)N8)c7cnc(-c8cc(O)cc9ccccc89)c(F)c7n6)CC5)CC4)CC3)ccc2C1=O.O=CNC=O. The molecule has 2 aromatic heterocycles. The Hall–Kier alpha value is -5.97. The number of halogens is 1. The van der Waals surface area contributed by atoms with E-state index in [1.807, 2.05) is 29.2 Å². The number of amides is 3. The molecular weight excluding hydrogens is 876 g/mol. The Morgan fingerprint density at radius 1 is 0.899 bits per heavy atom. The zero-order chi connectivity index (χ0) is 47.6. The van der Waals surface area contributed by atoms with Gasteiger partial charge in [-0.2, -0.15) is 9.97 Å². The van der Waals surface area contributed by atoms with E-state index in [4.69, 9.17) is 24.3 Å². The number of pyridine rings is 1. The Morgan fingerprint density at radius 3 is 2.35 bits per heavy atom. The van der Waals surface area contributed by atoms with Gasteiger partial charge in [0, 0.05) is 119 Å². The van der Waals surface area contributed by atoms with Crippen LogP contribution in [-0.2, 0) is 16.1 Å². The van der Waals surface area contributed by atoms with Crippen LogP contribution in [0.2, 0.25) is 0 Å². The Balaban J connectivity index is 0.00000105. The highest BCUT2D eigenvalue weighted by atomic mass is 19.1. The number of anilines is 2. The maximum Gasteiger partial charge on any atom is 0.319 e. The van der Waals surface area contributed by atoms with Gasteiger partial charge in [-0.25, -0.2) is 4.39 Å². The molecule has 69 heavy (non-hydrogen) atoms. The predicted octanol–water partition coefficient (Wildman–Crippen LogP) is 6.36. The molecule has 1 aliphatic carbocycles. The number of piperazine rings is 2. The highest BCUT2D eigenvalue weighted by Gasteiger charge is 2.46. The van der Waals surface area contributed by atoms with Crippen LogP contribution in [0.25, 0.3) is 32.9 Å². The molecule has 3 atom stereocenters. The highest BCUT2D eigenvalue weighted by molar-refractivity contribution is 6.00. The van der Waals surface area contributed by atoms with Crippen LogP contribution < -0.4 is 25.2 Å². The van der Waals surface area contributed by atoms with E-state index >= 15 is 4.39 Å². The first-order chi connectivity index (χ1) is 33.6. The van der Waals surface area contributed by atoms with Gasteiger partial charge in [0.15, 0.2) is 5.82 Å². The van der Waals surface area contributed by atoms with Crippen molar-refractivity contribution < 1.29 is 28.6 Å². The molecule has 5 fully saturated rings. The number of imide groups is 1. The van der Waals surface area contributed by atoms with Gasteiger partial charge in [-0.3, -0.25) is 19.4 Å². The van der Waals surface area contributed by atoms with Crippen molar-refractivity contribution in [2.75, 3.05) is 81.9 Å². The fourth-order valence-electron chi connectivity index (χ4n) is 11.5. The Morgan fingerprint density at radius 2 is 1.64 bits per heavy atom. The van der Waals surface area contributed by atoms with E-state index < -0.39 is 5.82 Å². The molecule has 7 heterocycles. The maximum absolute atomic E-state index is 16.9. The van der Waals surface area contributed by atoms with E-state index in [9.17, 15) is 9.90 Å². The van der Waals surface area contributed by atoms with Gasteiger partial charge in [0.2, 0.25) is 12.8 Å². The summed E-state index contributed by atoms with van der Waals surface area (Å²) in [6.07, 6.45) is 11.3. The number of fused-ring (bicyclic) bond motifs is 5. The third kappa shape index (κ3) is 10.1. The lowest BCUT2D eigenvalue weighted by Crippen LogP contribution is -2.51. The molecule has 0 radical (unpaired) electrons. The van der Waals surface area contributed by atoms with Crippen molar-refractivity contribution in [3.8, 4) is 23.0 Å². The van der Waals surface area contributed by atoms with Gasteiger partial charge in [-0.05, 0) is 104 Å². The number of phenols is 1. The molecule has 3 amide bonds. The van der Waals surface area contributed by atoms with Gasteiger partial charge in [0.1, 0.15) is 22.8 Å². The number of rotatable bonds is 15. The van der Waals surface area contributed by atoms with Gasteiger partial charge < -0.3 is 45.0 Å². The summed E-state index contributed by atoms with van der Waals surface area (Å²) >= 11 is 0. The molecule has 5 aromatic rings. The Kier molecular flexibility index (Phi) is 13.7. The maximum atomic E-state index is 16.9. The van der Waals surface area contributed by atoms with Crippen LogP contribution in [0, 0.1) is 17.2 Å². The van der Waals surface area contributed by atoms with Crippen LogP contribution in [0.3, 0.4) is 0 Å². The molecule has 3 N–H and O–H groups in total. The van der Waals surface area contributed by atoms with Gasteiger partial charge in [0.05, 0.1) is 12.0 Å². The zero-order valence-corrected chi connectivity index (χ0v) is 39.9. The van der Waals surface area contributed by atoms with Crippen LogP contribution in [0.1, 0.15) is 81.1 Å². The number of nitrogens with zero attached hydrogens (tertiary/aromatic N) is 8. The number of phenolic OH excluding ortho intramolecular Hbond substituents is 1. The van der Waals surface area contributed by atoms with Crippen molar-refractivity contribution in [1.29, 1.82) is 0 Å². The Labute approximate surface area is 403 Å². The molecule has 0 spiro atoms. The summed E-state index contributed by atoms with van der Waals surface area (Å²) in [7, 11) is 0. The van der Waals surface area contributed by atoms with Crippen molar-refractivity contribution in [3.63, 3.8) is 0 Å². The first-order valence-electron chi connectivity index (χ1n) is 25.1. The summed E-state index contributed by atoms with van der Waals surface area (Å²) in [5, 5.41) is 18.3. The molecule has 2 bridgehead atoms. The molecule has 16 heteroatoms. The second-order valence-electron chi connectivity index (χ2n) is 20.4. The third-order valence-corrected chi connectivity index (χ3v) is 15.5. The van der Waals surface area contributed by atoms with E-state index in [0.717, 1.165) is 127 Å². The molecular formula is C53H65FN10O5. The van der Waals surface area contributed by atoms with Gasteiger partial charge in [-0.15, -0.1) is 0 Å². The topological polar surface area (TPSA) is 160 Å². The molecule has 3 unspecified atom stereocenters. The van der Waals surface area contributed by atoms with Crippen molar-refractivity contribution in [2.45, 2.75) is 89.9 Å². The number of carbonyl (C=O) groups excluding carboxylic acids is 3. The number of nitrogens with one attached hydrogen (secondary N) is 2. The number of carbonyl (C=O) groups is 3. The van der Waals surface area contributed by atoms with Crippen LogP contribution >= 0.6 is 0 Å². The fourth-order valence-corrected chi connectivity index (χ4v) is 11.5. The average Bonchev–Trinajstić information content (AvgIpc) is 3.93. The monoisotopic (exact) mass is 941 g/mol. The lowest BCUT2D eigenvalue weighted by atomic mass is 9.95. The van der Waals surface area contributed by atoms with E-state index in [1.165, 1.54) is 24.1 Å². The minimum absolute atomic E-state index is 0.0426. The zero-order valence-electron chi connectivity index (χ0n) is 39.9. The van der Waals surface area contributed by atoms with Gasteiger partial charge >= 0.3 is 6.01 Å². The molecule has 1 saturated carbocycles. The summed E-state index contributed by atoms with van der Waals surface area (Å²) in [5.74, 6) is 1.09. The normalized spacial score (nSPS) is 21.8. The number of aromatic nitrogens is 3. The molecule has 5 aliphatic heterocycles. The first-order valence-corrected chi connectivity index (χ1v) is 25.1. The summed E-state index contributed by atoms with van der Waals surface area (Å²) < 4.78 is 23.5. The number of aromatic hydroxyl groups is 1. The number of piperidine rings is 1. The second-order valence-corrected chi connectivity index (χ2v) is 20.4. The lowest BCUT2D eigenvalue weighted by Gasteiger charge is -2.40. The number of hydrogen-bond donors (Lipinski definition) is 3. The molecule has 364 valence electrons. The average molecular weight is 941 g/mol. The summed E-state index contributed by atoms with van der Waals surface area (Å²) in [5.41, 5.74) is 4.24. The number of benzene rings is 3. The predicted molar refractivity (Wildman–Crippen MR) is 265 cm³/mol. The number of hydrogen-bond acceptors (Lipinski definition) is 13. The standard InChI is InChI=1S/C51H62FN9O3.C2H3NO2/c1-3-6-33(2)61-28-36-23-39(11-12-42(36)49(61)63)59-17-13-34(14-18-59)27-57-19-21-58(22-20-57)31-51(15-16-51)32-64-50-55-47-44(48(56-50)60-29-37-9-10-38(30-60)54-37)26-53-46(45(47)52)43-25-40(62)24-35-7-4-5-8-41(35)43;4-1-3-2-5/h4-5,7-8,11-12,23-26,33-34,37-38,54,62H,3,6,9-10,13-22,27-32H2,1-2H3;1-2H,(H,3,4,5). The van der Waals surface area contributed by atoms with Crippen LogP contribution in [-0.4, -0.2) is 144 Å². The summed E-state index contributed by atoms with van der Waals surface area (Å²) in [4.78, 5) is 57.8. The number of ether oxygens (including phenoxy) is 1. The highest BCUT2D eigenvalue weighted by Crippen LogP contribution is 2.47. The van der Waals surface area contributed by atoms with Gasteiger partial charge in [0.25, 0.3) is 5.91 Å². The van der Waals surface area contributed by atoms with E-state index in [-0.39, 0.29) is 40.3 Å².